The minimum atomic E-state index is 0.176. The van der Waals surface area contributed by atoms with Gasteiger partial charge in [0.25, 0.3) is 0 Å². The number of rotatable bonds is 2. The largest absolute Gasteiger partial charge is 0.300 e. The summed E-state index contributed by atoms with van der Waals surface area (Å²) in [5.41, 5.74) is 0. The Morgan fingerprint density at radius 3 is 1.17 bits per heavy atom. The lowest BCUT2D eigenvalue weighted by atomic mass is 9.80. The number of allylic oxidation sites excluding steroid dienone is 4. The van der Waals surface area contributed by atoms with E-state index in [1.807, 2.05) is 0 Å². The highest BCUT2D eigenvalue weighted by atomic mass is 16.1. The highest BCUT2D eigenvalue weighted by Crippen LogP contribution is 2.67. The van der Waals surface area contributed by atoms with Crippen molar-refractivity contribution in [3.63, 3.8) is 0 Å². The molecule has 4 atom stereocenters. The van der Waals surface area contributed by atoms with E-state index in [2.05, 4.69) is 24.3 Å². The molecule has 0 aromatic rings. The fourth-order valence-corrected chi connectivity index (χ4v) is 5.60. The molecule has 2 fully saturated rings. The summed E-state index contributed by atoms with van der Waals surface area (Å²) in [7, 11) is 0. The normalized spacial score (nSPS) is 54.1. The van der Waals surface area contributed by atoms with E-state index >= 15 is 0 Å². The molecular formula is C16H18O2. The molecule has 0 amide bonds. The predicted molar refractivity (Wildman–Crippen MR) is 67.6 cm³/mol. The van der Waals surface area contributed by atoms with E-state index in [1.54, 1.807) is 13.8 Å². The Balaban J connectivity index is 1.82. The minimum Gasteiger partial charge on any atom is -0.300 e. The third-order valence-electron chi connectivity index (χ3n) is 5.93. The Hall–Kier alpha value is -1.18. The van der Waals surface area contributed by atoms with Gasteiger partial charge in [0.15, 0.2) is 0 Å². The zero-order chi connectivity index (χ0) is 12.6. The molecule has 0 aromatic heterocycles. The van der Waals surface area contributed by atoms with Gasteiger partial charge in [-0.1, -0.05) is 24.3 Å². The van der Waals surface area contributed by atoms with Crippen molar-refractivity contribution in [3.05, 3.63) is 24.3 Å². The number of carbonyl (C=O) groups excluding carboxylic acids is 2. The van der Waals surface area contributed by atoms with Crippen LogP contribution in [-0.4, -0.2) is 11.6 Å². The van der Waals surface area contributed by atoms with E-state index in [0.717, 1.165) is 0 Å². The topological polar surface area (TPSA) is 34.1 Å². The first-order valence-electron chi connectivity index (χ1n) is 6.99. The van der Waals surface area contributed by atoms with Crippen molar-refractivity contribution >= 4 is 11.6 Å². The van der Waals surface area contributed by atoms with E-state index in [-0.39, 0.29) is 11.8 Å². The van der Waals surface area contributed by atoms with E-state index in [4.69, 9.17) is 0 Å². The van der Waals surface area contributed by atoms with E-state index < -0.39 is 0 Å². The van der Waals surface area contributed by atoms with Gasteiger partial charge in [0, 0.05) is 11.8 Å². The zero-order valence-corrected chi connectivity index (χ0v) is 10.7. The van der Waals surface area contributed by atoms with Gasteiger partial charge in [-0.25, -0.2) is 0 Å². The average molecular weight is 242 g/mol. The van der Waals surface area contributed by atoms with Crippen molar-refractivity contribution in [1.29, 1.82) is 0 Å². The van der Waals surface area contributed by atoms with Crippen molar-refractivity contribution in [2.24, 2.45) is 47.3 Å². The number of Topliss-reactive ketones (excluding diaryl/α,β-unsaturated/α-hetero) is 2. The second-order valence-electron chi connectivity index (χ2n) is 6.51. The first-order valence-corrected chi connectivity index (χ1v) is 6.99. The fourth-order valence-electron chi connectivity index (χ4n) is 5.60. The molecule has 2 heteroatoms. The van der Waals surface area contributed by atoms with Gasteiger partial charge >= 0.3 is 0 Å². The maximum atomic E-state index is 11.9. The third kappa shape index (κ3) is 1.01. The van der Waals surface area contributed by atoms with Gasteiger partial charge < -0.3 is 0 Å². The summed E-state index contributed by atoms with van der Waals surface area (Å²) in [4.78, 5) is 23.9. The zero-order valence-electron chi connectivity index (χ0n) is 10.7. The van der Waals surface area contributed by atoms with Crippen LogP contribution in [0.2, 0.25) is 0 Å². The molecule has 4 rings (SSSR count). The molecule has 0 heterocycles. The van der Waals surface area contributed by atoms with Crippen LogP contribution in [0.25, 0.3) is 0 Å². The molecule has 94 valence electrons. The molecule has 0 radical (unpaired) electrons. The SMILES string of the molecule is CC(=O)C1C2C=CC3C(C(C)=O)C4C=CC1C4C23. The van der Waals surface area contributed by atoms with Crippen LogP contribution in [0.1, 0.15) is 13.8 Å². The maximum Gasteiger partial charge on any atom is 0.134 e. The van der Waals surface area contributed by atoms with E-state index in [0.29, 0.717) is 47.1 Å². The van der Waals surface area contributed by atoms with Crippen LogP contribution in [0.4, 0.5) is 0 Å². The molecule has 18 heavy (non-hydrogen) atoms. The van der Waals surface area contributed by atoms with Gasteiger partial charge in [-0.3, -0.25) is 9.59 Å². The molecule has 0 N–H and O–H groups in total. The Labute approximate surface area is 107 Å². The molecule has 0 bridgehead atoms. The molecule has 0 saturated heterocycles. The molecule has 4 unspecified atom stereocenters. The van der Waals surface area contributed by atoms with Crippen LogP contribution in [0.5, 0.6) is 0 Å². The first-order chi connectivity index (χ1) is 8.61. The number of ketones is 2. The van der Waals surface area contributed by atoms with Crippen molar-refractivity contribution in [1.82, 2.24) is 0 Å². The Morgan fingerprint density at radius 2 is 0.944 bits per heavy atom. The summed E-state index contributed by atoms with van der Waals surface area (Å²) in [6.45, 7) is 3.47. The standard InChI is InChI=1S/C16H18O2/c1-7(17)13-9-3-5-11-14(8(2)18)12-6-4-10(13)16(12)15(9)11/h3-6,9-16H,1-2H3. The minimum absolute atomic E-state index is 0.176. The van der Waals surface area contributed by atoms with Gasteiger partial charge in [0.05, 0.1) is 0 Å². The summed E-state index contributed by atoms with van der Waals surface area (Å²) in [5, 5.41) is 0. The summed E-state index contributed by atoms with van der Waals surface area (Å²) in [6.07, 6.45) is 8.94. The van der Waals surface area contributed by atoms with Gasteiger partial charge in [0.2, 0.25) is 0 Å². The van der Waals surface area contributed by atoms with Crippen molar-refractivity contribution in [3.8, 4) is 0 Å². The smallest absolute Gasteiger partial charge is 0.134 e. The second-order valence-corrected chi connectivity index (χ2v) is 6.51. The van der Waals surface area contributed by atoms with Crippen LogP contribution in [0.15, 0.2) is 24.3 Å². The van der Waals surface area contributed by atoms with Crippen molar-refractivity contribution < 1.29 is 9.59 Å². The molecule has 2 saturated carbocycles. The molecular weight excluding hydrogens is 224 g/mol. The van der Waals surface area contributed by atoms with Crippen LogP contribution in [0, 0.1) is 47.3 Å². The molecule has 4 aliphatic rings. The Kier molecular flexibility index (Phi) is 1.92. The molecule has 4 aliphatic carbocycles. The molecule has 2 nitrogen and oxygen atoms in total. The number of hydrogen-bond acceptors (Lipinski definition) is 2. The van der Waals surface area contributed by atoms with Gasteiger partial charge in [-0.15, -0.1) is 0 Å². The predicted octanol–water partition coefficient (Wildman–Crippen LogP) is 2.26. The van der Waals surface area contributed by atoms with Crippen LogP contribution in [0.3, 0.4) is 0 Å². The summed E-state index contributed by atoms with van der Waals surface area (Å²) in [5.74, 6) is 3.72. The maximum absolute atomic E-state index is 11.9. The molecule has 0 spiro atoms. The number of hydrogen-bond donors (Lipinski definition) is 0. The quantitative estimate of drug-likeness (QED) is 0.696. The Morgan fingerprint density at radius 1 is 0.667 bits per heavy atom. The van der Waals surface area contributed by atoms with E-state index in [1.165, 1.54) is 0 Å². The lowest BCUT2D eigenvalue weighted by Crippen LogP contribution is -2.26. The molecule has 0 aliphatic heterocycles. The highest BCUT2D eigenvalue weighted by Gasteiger charge is 2.65. The van der Waals surface area contributed by atoms with Crippen LogP contribution < -0.4 is 0 Å². The van der Waals surface area contributed by atoms with Crippen molar-refractivity contribution in [2.45, 2.75) is 13.8 Å². The van der Waals surface area contributed by atoms with E-state index in [9.17, 15) is 9.59 Å². The lowest BCUT2D eigenvalue weighted by Gasteiger charge is -2.21. The highest BCUT2D eigenvalue weighted by molar-refractivity contribution is 5.83. The fraction of sp³-hybridized carbons (Fsp3) is 0.625. The van der Waals surface area contributed by atoms with Crippen LogP contribution in [-0.2, 0) is 9.59 Å². The Bertz CT molecular complexity index is 427. The van der Waals surface area contributed by atoms with Gasteiger partial charge in [-0.05, 0) is 49.4 Å². The van der Waals surface area contributed by atoms with Gasteiger partial charge in [0.1, 0.15) is 11.6 Å². The summed E-state index contributed by atoms with van der Waals surface area (Å²) < 4.78 is 0. The summed E-state index contributed by atoms with van der Waals surface area (Å²) >= 11 is 0. The van der Waals surface area contributed by atoms with Gasteiger partial charge in [-0.2, -0.15) is 0 Å². The summed E-state index contributed by atoms with van der Waals surface area (Å²) in [6, 6.07) is 0. The lowest BCUT2D eigenvalue weighted by molar-refractivity contribution is -0.122. The number of carbonyl (C=O) groups is 2. The first kappa shape index (κ1) is 10.7. The molecule has 0 aromatic carbocycles. The monoisotopic (exact) mass is 242 g/mol. The van der Waals surface area contributed by atoms with Crippen molar-refractivity contribution in [2.75, 3.05) is 0 Å². The second kappa shape index (κ2) is 3.23. The third-order valence-corrected chi connectivity index (χ3v) is 5.93. The van der Waals surface area contributed by atoms with Crippen LogP contribution >= 0.6 is 0 Å². The average Bonchev–Trinajstić information content (AvgIpc) is 2.95.